The fraction of sp³-hybridized carbons (Fsp3) is 0.125. The number of rotatable bonds is 1. The standard InChI is InChI=1S/C8H5ClN4/c9-7-6-5(1-2-10)3-11-8(6)13-4-12-7/h3-4H,1H2,(H,11,12,13). The van der Waals surface area contributed by atoms with E-state index in [1.54, 1.807) is 6.20 Å². The molecule has 0 aliphatic rings. The van der Waals surface area contributed by atoms with E-state index in [0.29, 0.717) is 17.2 Å². The van der Waals surface area contributed by atoms with Crippen LogP contribution < -0.4 is 0 Å². The SMILES string of the molecule is N#CCc1c[nH]c2ncnc(Cl)c12. The van der Waals surface area contributed by atoms with Gasteiger partial charge in [0.15, 0.2) is 0 Å². The molecule has 64 valence electrons. The molecule has 2 aromatic rings. The van der Waals surface area contributed by atoms with Crippen LogP contribution in [0, 0.1) is 11.3 Å². The van der Waals surface area contributed by atoms with Gasteiger partial charge in [0.25, 0.3) is 0 Å². The first-order valence-corrected chi connectivity index (χ1v) is 4.04. The van der Waals surface area contributed by atoms with Crippen molar-refractivity contribution in [2.75, 3.05) is 0 Å². The molecule has 0 amide bonds. The molecule has 0 saturated carbocycles. The number of nitriles is 1. The van der Waals surface area contributed by atoms with Crippen molar-refractivity contribution in [3.63, 3.8) is 0 Å². The summed E-state index contributed by atoms with van der Waals surface area (Å²) >= 11 is 5.86. The van der Waals surface area contributed by atoms with Gasteiger partial charge in [0.05, 0.1) is 17.9 Å². The third-order valence-corrected chi connectivity index (χ3v) is 2.06. The van der Waals surface area contributed by atoms with Gasteiger partial charge in [-0.05, 0) is 5.56 Å². The molecule has 0 atom stereocenters. The van der Waals surface area contributed by atoms with E-state index in [1.807, 2.05) is 0 Å². The van der Waals surface area contributed by atoms with Gasteiger partial charge in [-0.1, -0.05) is 11.6 Å². The second-order valence-corrected chi connectivity index (χ2v) is 2.89. The van der Waals surface area contributed by atoms with Crippen LogP contribution in [0.25, 0.3) is 11.0 Å². The van der Waals surface area contributed by atoms with Crippen molar-refractivity contribution in [2.45, 2.75) is 6.42 Å². The van der Waals surface area contributed by atoms with Gasteiger partial charge in [0, 0.05) is 6.20 Å². The Kier molecular flexibility index (Phi) is 1.87. The number of hydrogen-bond donors (Lipinski definition) is 1. The van der Waals surface area contributed by atoms with E-state index in [-0.39, 0.29) is 0 Å². The van der Waals surface area contributed by atoms with Crippen molar-refractivity contribution in [1.29, 1.82) is 5.26 Å². The van der Waals surface area contributed by atoms with E-state index in [2.05, 4.69) is 21.0 Å². The Labute approximate surface area is 79.2 Å². The summed E-state index contributed by atoms with van der Waals surface area (Å²) < 4.78 is 0. The van der Waals surface area contributed by atoms with E-state index < -0.39 is 0 Å². The highest BCUT2D eigenvalue weighted by molar-refractivity contribution is 6.34. The number of nitrogens with zero attached hydrogens (tertiary/aromatic N) is 3. The summed E-state index contributed by atoms with van der Waals surface area (Å²) in [6, 6.07) is 2.06. The molecule has 2 heterocycles. The number of nitrogens with one attached hydrogen (secondary N) is 1. The molecule has 0 saturated heterocycles. The second kappa shape index (κ2) is 3.04. The predicted octanol–water partition coefficient (Wildman–Crippen LogP) is 1.68. The molecule has 0 fully saturated rings. The maximum absolute atomic E-state index is 8.54. The molecule has 13 heavy (non-hydrogen) atoms. The zero-order valence-electron chi connectivity index (χ0n) is 6.58. The highest BCUT2D eigenvalue weighted by atomic mass is 35.5. The topological polar surface area (TPSA) is 65.4 Å². The Morgan fingerprint density at radius 3 is 3.15 bits per heavy atom. The third kappa shape index (κ3) is 1.23. The first-order chi connectivity index (χ1) is 6.33. The van der Waals surface area contributed by atoms with Crippen LogP contribution in [0.2, 0.25) is 5.15 Å². The van der Waals surface area contributed by atoms with E-state index in [0.717, 1.165) is 10.9 Å². The Morgan fingerprint density at radius 1 is 1.54 bits per heavy atom. The number of H-pyrrole nitrogens is 1. The van der Waals surface area contributed by atoms with Gasteiger partial charge >= 0.3 is 0 Å². The molecule has 0 bridgehead atoms. The van der Waals surface area contributed by atoms with Gasteiger partial charge in [-0.2, -0.15) is 5.26 Å². The summed E-state index contributed by atoms with van der Waals surface area (Å²) in [6.45, 7) is 0. The summed E-state index contributed by atoms with van der Waals surface area (Å²) in [7, 11) is 0. The molecular weight excluding hydrogens is 188 g/mol. The summed E-state index contributed by atoms with van der Waals surface area (Å²) in [5.74, 6) is 0. The van der Waals surface area contributed by atoms with Crippen LogP contribution in [-0.4, -0.2) is 15.0 Å². The summed E-state index contributed by atoms with van der Waals surface area (Å²) in [5.41, 5.74) is 1.51. The third-order valence-electron chi connectivity index (χ3n) is 1.77. The first-order valence-electron chi connectivity index (χ1n) is 3.66. The Bertz CT molecular complexity index is 482. The molecular formula is C8H5ClN4. The molecule has 0 aliphatic carbocycles. The zero-order chi connectivity index (χ0) is 9.26. The van der Waals surface area contributed by atoms with Gasteiger partial charge in [-0.3, -0.25) is 0 Å². The predicted molar refractivity (Wildman–Crippen MR) is 48.2 cm³/mol. The van der Waals surface area contributed by atoms with Gasteiger partial charge in [-0.25, -0.2) is 9.97 Å². The smallest absolute Gasteiger partial charge is 0.142 e. The van der Waals surface area contributed by atoms with E-state index in [1.165, 1.54) is 6.33 Å². The normalized spacial score (nSPS) is 10.2. The second-order valence-electron chi connectivity index (χ2n) is 2.54. The number of halogens is 1. The quantitative estimate of drug-likeness (QED) is 0.699. The van der Waals surface area contributed by atoms with Crippen molar-refractivity contribution in [1.82, 2.24) is 15.0 Å². The zero-order valence-corrected chi connectivity index (χ0v) is 7.34. The molecule has 0 radical (unpaired) electrons. The van der Waals surface area contributed by atoms with Crippen molar-refractivity contribution in [3.8, 4) is 6.07 Å². The number of aromatic nitrogens is 3. The number of aromatic amines is 1. The average molecular weight is 193 g/mol. The number of hydrogen-bond acceptors (Lipinski definition) is 3. The minimum absolute atomic E-state index is 0.313. The molecule has 2 rings (SSSR count). The fourth-order valence-corrected chi connectivity index (χ4v) is 1.46. The van der Waals surface area contributed by atoms with Crippen molar-refractivity contribution >= 4 is 22.6 Å². The number of fused-ring (bicyclic) bond motifs is 1. The lowest BCUT2D eigenvalue weighted by molar-refractivity contribution is 1.20. The summed E-state index contributed by atoms with van der Waals surface area (Å²) in [4.78, 5) is 10.8. The average Bonchev–Trinajstić information content (AvgIpc) is 2.51. The van der Waals surface area contributed by atoms with E-state index >= 15 is 0 Å². The van der Waals surface area contributed by atoms with E-state index in [4.69, 9.17) is 16.9 Å². The Morgan fingerprint density at radius 2 is 2.38 bits per heavy atom. The van der Waals surface area contributed by atoms with Gasteiger partial charge in [0.1, 0.15) is 17.1 Å². The summed E-state index contributed by atoms with van der Waals surface area (Å²) in [6.07, 6.45) is 3.43. The highest BCUT2D eigenvalue weighted by Crippen LogP contribution is 2.22. The Hall–Kier alpha value is -1.60. The van der Waals surface area contributed by atoms with Crippen LogP contribution in [0.5, 0.6) is 0 Å². The van der Waals surface area contributed by atoms with Crippen molar-refractivity contribution in [3.05, 3.63) is 23.2 Å². The molecule has 2 aromatic heterocycles. The van der Waals surface area contributed by atoms with E-state index in [9.17, 15) is 0 Å². The Balaban J connectivity index is 2.73. The fourth-order valence-electron chi connectivity index (χ4n) is 1.21. The van der Waals surface area contributed by atoms with Crippen molar-refractivity contribution < 1.29 is 0 Å². The largest absolute Gasteiger partial charge is 0.346 e. The van der Waals surface area contributed by atoms with Crippen LogP contribution >= 0.6 is 11.6 Å². The molecule has 1 N–H and O–H groups in total. The van der Waals surface area contributed by atoms with Crippen LogP contribution in [0.15, 0.2) is 12.5 Å². The monoisotopic (exact) mass is 192 g/mol. The van der Waals surface area contributed by atoms with Gasteiger partial charge in [-0.15, -0.1) is 0 Å². The lowest BCUT2D eigenvalue weighted by Crippen LogP contribution is -1.83. The lowest BCUT2D eigenvalue weighted by Gasteiger charge is -1.93. The summed E-state index contributed by atoms with van der Waals surface area (Å²) in [5, 5.41) is 9.67. The minimum Gasteiger partial charge on any atom is -0.346 e. The van der Waals surface area contributed by atoms with Crippen LogP contribution in [0.3, 0.4) is 0 Å². The maximum atomic E-state index is 8.54. The van der Waals surface area contributed by atoms with Crippen molar-refractivity contribution in [2.24, 2.45) is 0 Å². The highest BCUT2D eigenvalue weighted by Gasteiger charge is 2.08. The molecule has 4 nitrogen and oxygen atoms in total. The maximum Gasteiger partial charge on any atom is 0.142 e. The molecule has 0 unspecified atom stereocenters. The van der Waals surface area contributed by atoms with Crippen LogP contribution in [0.1, 0.15) is 5.56 Å². The first kappa shape index (κ1) is 8.02. The molecule has 0 aromatic carbocycles. The van der Waals surface area contributed by atoms with Gasteiger partial charge < -0.3 is 4.98 Å². The molecule has 0 spiro atoms. The van der Waals surface area contributed by atoms with Gasteiger partial charge in [0.2, 0.25) is 0 Å². The minimum atomic E-state index is 0.313. The molecule has 0 aliphatic heterocycles. The van der Waals surface area contributed by atoms with Crippen LogP contribution in [0.4, 0.5) is 0 Å². The molecule has 5 heteroatoms. The van der Waals surface area contributed by atoms with Crippen LogP contribution in [-0.2, 0) is 6.42 Å². The lowest BCUT2D eigenvalue weighted by atomic mass is 10.2.